The zero-order valence-electron chi connectivity index (χ0n) is 16.6. The summed E-state index contributed by atoms with van der Waals surface area (Å²) in [6.45, 7) is 5.78. The maximum absolute atomic E-state index is 12.8. The van der Waals surface area contributed by atoms with Crippen LogP contribution in [0.3, 0.4) is 0 Å². The second-order valence-corrected chi connectivity index (χ2v) is 9.27. The summed E-state index contributed by atoms with van der Waals surface area (Å²) in [5, 5.41) is 3.33. The van der Waals surface area contributed by atoms with Crippen LogP contribution in [0.25, 0.3) is 0 Å². The number of carbonyl (C=O) groups is 1. The fraction of sp³-hybridized carbons (Fsp3) is 0.350. The van der Waals surface area contributed by atoms with Gasteiger partial charge in [-0.15, -0.1) is 0 Å². The predicted octanol–water partition coefficient (Wildman–Crippen LogP) is 4.42. The normalized spacial score (nSPS) is 13.4. The molecule has 0 aliphatic rings. The number of anilines is 1. The first-order chi connectivity index (χ1) is 13.5. The number of rotatable bonds is 8. The van der Waals surface area contributed by atoms with Crippen LogP contribution in [0.4, 0.5) is 5.69 Å². The number of ether oxygens (including phenoxy) is 1. The van der Waals surface area contributed by atoms with Gasteiger partial charge in [-0.2, -0.15) is 0 Å². The van der Waals surface area contributed by atoms with Crippen molar-refractivity contribution in [3.05, 3.63) is 58.1 Å². The molecule has 0 heterocycles. The summed E-state index contributed by atoms with van der Waals surface area (Å²) in [4.78, 5) is 12.8. The Morgan fingerprint density at radius 2 is 1.76 bits per heavy atom. The molecular weight excluding hydrogens is 435 g/mol. The summed E-state index contributed by atoms with van der Waals surface area (Å²) in [7, 11) is -3.80. The molecule has 2 rings (SSSR count). The maximum atomic E-state index is 12.8. The molecule has 9 heteroatoms. The third-order valence-corrected chi connectivity index (χ3v) is 6.07. The highest BCUT2D eigenvalue weighted by atomic mass is 35.5. The van der Waals surface area contributed by atoms with E-state index in [9.17, 15) is 13.2 Å². The van der Waals surface area contributed by atoms with E-state index in [2.05, 4.69) is 5.32 Å². The van der Waals surface area contributed by atoms with E-state index in [1.54, 1.807) is 6.07 Å². The van der Waals surface area contributed by atoms with Crippen LogP contribution in [0, 0.1) is 0 Å². The van der Waals surface area contributed by atoms with Crippen molar-refractivity contribution in [3.63, 3.8) is 0 Å². The average Bonchev–Trinajstić information content (AvgIpc) is 2.64. The van der Waals surface area contributed by atoms with Crippen LogP contribution in [0.2, 0.25) is 10.0 Å². The Morgan fingerprint density at radius 1 is 1.14 bits per heavy atom. The van der Waals surface area contributed by atoms with Gasteiger partial charge in [0, 0.05) is 5.02 Å². The molecule has 0 saturated heterocycles. The third-order valence-electron chi connectivity index (χ3n) is 4.28. The molecule has 1 amide bonds. The predicted molar refractivity (Wildman–Crippen MR) is 117 cm³/mol. The minimum Gasteiger partial charge on any atom is -0.494 e. The van der Waals surface area contributed by atoms with Crippen molar-refractivity contribution in [2.45, 2.75) is 32.9 Å². The highest BCUT2D eigenvalue weighted by Crippen LogP contribution is 2.32. The summed E-state index contributed by atoms with van der Waals surface area (Å²) < 4.78 is 31.2. The lowest BCUT2D eigenvalue weighted by molar-refractivity contribution is -0.122. The van der Waals surface area contributed by atoms with E-state index in [0.717, 1.165) is 21.9 Å². The molecule has 0 radical (unpaired) electrons. The molecule has 0 spiro atoms. The van der Waals surface area contributed by atoms with E-state index in [4.69, 9.17) is 27.9 Å². The summed E-state index contributed by atoms with van der Waals surface area (Å²) >= 11 is 12.2. The van der Waals surface area contributed by atoms with Gasteiger partial charge in [0.25, 0.3) is 0 Å². The fourth-order valence-corrected chi connectivity index (χ4v) is 4.48. The third kappa shape index (κ3) is 6.01. The second kappa shape index (κ2) is 9.69. The van der Waals surface area contributed by atoms with E-state index in [1.807, 2.05) is 38.1 Å². The molecule has 29 heavy (non-hydrogen) atoms. The van der Waals surface area contributed by atoms with Gasteiger partial charge in [-0.25, -0.2) is 8.42 Å². The van der Waals surface area contributed by atoms with Gasteiger partial charge in [-0.3, -0.25) is 9.10 Å². The Hall–Kier alpha value is -1.96. The quantitative estimate of drug-likeness (QED) is 0.634. The highest BCUT2D eigenvalue weighted by Gasteiger charge is 2.31. The number of hydrogen-bond acceptors (Lipinski definition) is 4. The Bertz CT molecular complexity index is 965. The highest BCUT2D eigenvalue weighted by molar-refractivity contribution is 7.92. The Kier molecular flexibility index (Phi) is 7.80. The smallest absolute Gasteiger partial charge is 0.244 e. The van der Waals surface area contributed by atoms with E-state index >= 15 is 0 Å². The first-order valence-corrected chi connectivity index (χ1v) is 11.6. The van der Waals surface area contributed by atoms with Crippen LogP contribution in [-0.4, -0.2) is 33.2 Å². The number of carbonyl (C=O) groups excluding carboxylic acids is 1. The van der Waals surface area contributed by atoms with Crippen LogP contribution in [0.5, 0.6) is 5.75 Å². The topological polar surface area (TPSA) is 75.7 Å². The van der Waals surface area contributed by atoms with Crippen molar-refractivity contribution < 1.29 is 17.9 Å². The molecule has 158 valence electrons. The summed E-state index contributed by atoms with van der Waals surface area (Å²) in [6.07, 6.45) is 1.02. The molecule has 6 nitrogen and oxygen atoms in total. The van der Waals surface area contributed by atoms with Gasteiger partial charge in [-0.1, -0.05) is 35.3 Å². The molecule has 1 N–H and O–H groups in total. The van der Waals surface area contributed by atoms with Crippen LogP contribution < -0.4 is 14.4 Å². The summed E-state index contributed by atoms with van der Waals surface area (Å²) in [6, 6.07) is 10.4. The van der Waals surface area contributed by atoms with E-state index in [1.165, 1.54) is 19.1 Å². The number of nitrogens with zero attached hydrogens (tertiary/aromatic N) is 1. The van der Waals surface area contributed by atoms with Crippen molar-refractivity contribution in [2.75, 3.05) is 17.2 Å². The lowest BCUT2D eigenvalue weighted by Gasteiger charge is -2.30. The number of benzene rings is 2. The standard InChI is InChI=1S/C20H24Cl2N2O4S/c1-5-28-17-9-6-15(7-10-17)13(2)23-20(25)14(3)24(29(4,26)27)19-12-16(21)8-11-18(19)22/h6-14H,5H2,1-4H3,(H,23,25)/t13-,14-/m0/s1. The minimum atomic E-state index is -3.80. The molecule has 2 aromatic carbocycles. The zero-order valence-corrected chi connectivity index (χ0v) is 19.0. The van der Waals surface area contributed by atoms with Gasteiger partial charge >= 0.3 is 0 Å². The Balaban J connectivity index is 2.24. The van der Waals surface area contributed by atoms with Gasteiger partial charge in [0.15, 0.2) is 0 Å². The van der Waals surface area contributed by atoms with Crippen molar-refractivity contribution in [2.24, 2.45) is 0 Å². The van der Waals surface area contributed by atoms with E-state index < -0.39 is 22.0 Å². The number of halogens is 2. The lowest BCUT2D eigenvalue weighted by Crippen LogP contribution is -2.48. The summed E-state index contributed by atoms with van der Waals surface area (Å²) in [5.74, 6) is 0.273. The first-order valence-electron chi connectivity index (χ1n) is 9.02. The molecule has 0 aliphatic heterocycles. The molecule has 0 aliphatic carbocycles. The number of sulfonamides is 1. The van der Waals surface area contributed by atoms with Crippen molar-refractivity contribution >= 4 is 44.8 Å². The van der Waals surface area contributed by atoms with E-state index in [0.29, 0.717) is 11.6 Å². The molecule has 0 saturated carbocycles. The van der Waals surface area contributed by atoms with Gasteiger partial charge < -0.3 is 10.1 Å². The van der Waals surface area contributed by atoms with E-state index in [-0.39, 0.29) is 16.8 Å². The second-order valence-electron chi connectivity index (χ2n) is 6.56. The van der Waals surface area contributed by atoms with Gasteiger partial charge in [-0.05, 0) is 56.7 Å². The monoisotopic (exact) mass is 458 g/mol. The number of nitrogens with one attached hydrogen (secondary N) is 1. The molecule has 2 aromatic rings. The van der Waals surface area contributed by atoms with Gasteiger partial charge in [0.1, 0.15) is 11.8 Å². The van der Waals surface area contributed by atoms with Crippen molar-refractivity contribution in [3.8, 4) is 5.75 Å². The molecule has 0 bridgehead atoms. The van der Waals surface area contributed by atoms with Gasteiger partial charge in [0.05, 0.1) is 29.6 Å². The Morgan fingerprint density at radius 3 is 2.31 bits per heavy atom. The molecular formula is C20H24Cl2N2O4S. The van der Waals surface area contributed by atoms with Crippen molar-refractivity contribution in [1.29, 1.82) is 0 Å². The maximum Gasteiger partial charge on any atom is 0.244 e. The molecule has 2 atom stereocenters. The average molecular weight is 459 g/mol. The largest absolute Gasteiger partial charge is 0.494 e. The summed E-state index contributed by atoms with van der Waals surface area (Å²) in [5.41, 5.74) is 1.01. The molecule has 0 aromatic heterocycles. The zero-order chi connectivity index (χ0) is 21.8. The Labute approximate surface area is 181 Å². The van der Waals surface area contributed by atoms with Crippen molar-refractivity contribution in [1.82, 2.24) is 5.32 Å². The van der Waals surface area contributed by atoms with Crippen LogP contribution in [0.1, 0.15) is 32.4 Å². The van der Waals surface area contributed by atoms with Gasteiger partial charge in [0.2, 0.25) is 15.9 Å². The van der Waals surface area contributed by atoms with Crippen LogP contribution >= 0.6 is 23.2 Å². The fourth-order valence-electron chi connectivity index (χ4n) is 2.87. The minimum absolute atomic E-state index is 0.151. The SMILES string of the molecule is CCOc1ccc([C@H](C)NC(=O)[C@H](C)N(c2cc(Cl)ccc2Cl)S(C)(=O)=O)cc1. The van der Waals surface area contributed by atoms with Crippen LogP contribution in [0.15, 0.2) is 42.5 Å². The molecule has 0 unspecified atom stereocenters. The number of hydrogen-bond donors (Lipinski definition) is 1. The van der Waals surface area contributed by atoms with Crippen LogP contribution in [-0.2, 0) is 14.8 Å². The lowest BCUT2D eigenvalue weighted by atomic mass is 10.1. The number of amides is 1. The molecule has 0 fully saturated rings. The first kappa shape index (κ1) is 23.3.